The lowest BCUT2D eigenvalue weighted by Crippen LogP contribution is -2.05. The average Bonchev–Trinajstić information content (AvgIpc) is 2.32. The third kappa shape index (κ3) is 1.88. The largest absolute Gasteiger partial charge is 0.312 e. The lowest BCUT2D eigenvalue weighted by Gasteiger charge is -2.12. The molecule has 0 saturated carbocycles. The summed E-state index contributed by atoms with van der Waals surface area (Å²) in [4.78, 5) is 4.32. The molecule has 0 amide bonds. The van der Waals surface area contributed by atoms with E-state index in [1.807, 2.05) is 20.1 Å². The molecule has 1 aliphatic heterocycles. The second-order valence-electron chi connectivity index (χ2n) is 2.80. The Kier molecular flexibility index (Phi) is 3.31. The van der Waals surface area contributed by atoms with E-state index in [1.54, 1.807) is 0 Å². The van der Waals surface area contributed by atoms with Gasteiger partial charge in [-0.05, 0) is 19.4 Å². The Hall–Kier alpha value is -0.320. The number of aliphatic imine (C=N–C) groups is 1. The molecule has 0 spiro atoms. The molecule has 0 unspecified atom stereocenters. The third-order valence-corrected chi connectivity index (χ3v) is 2.71. The molecule has 0 radical (unpaired) electrons. The molecule has 0 aromatic rings. The first-order chi connectivity index (χ1) is 5.66. The molecule has 12 heavy (non-hydrogen) atoms. The third-order valence-electron chi connectivity index (χ3n) is 1.75. The summed E-state index contributed by atoms with van der Waals surface area (Å²) >= 11 is 2.30. The van der Waals surface area contributed by atoms with Crippen LogP contribution in [0.5, 0.6) is 0 Å². The standard InChI is InChI=1S/C9H13IN2/c1-4-11-8-5-6-12(10)9(8)7(2)3/h4H,2,5-6H2,1,3H3. The van der Waals surface area contributed by atoms with Gasteiger partial charge in [-0.15, -0.1) is 0 Å². The minimum atomic E-state index is 1.04. The van der Waals surface area contributed by atoms with Crippen LogP contribution in [0, 0.1) is 0 Å². The van der Waals surface area contributed by atoms with E-state index in [4.69, 9.17) is 0 Å². The summed E-state index contributed by atoms with van der Waals surface area (Å²) in [6.45, 7) is 8.96. The molecule has 0 saturated heterocycles. The van der Waals surface area contributed by atoms with Crippen molar-refractivity contribution in [3.63, 3.8) is 0 Å². The average molecular weight is 276 g/mol. The van der Waals surface area contributed by atoms with Gasteiger partial charge in [0, 0.05) is 19.2 Å². The molecule has 0 fully saturated rings. The van der Waals surface area contributed by atoms with E-state index in [1.165, 1.54) is 11.4 Å². The molecular formula is C9H13IN2. The van der Waals surface area contributed by atoms with Crippen molar-refractivity contribution in [2.24, 2.45) is 4.99 Å². The maximum Gasteiger partial charge on any atom is 0.0696 e. The Balaban J connectivity index is 2.97. The molecule has 0 aliphatic carbocycles. The number of hydrogen-bond donors (Lipinski definition) is 0. The zero-order valence-electron chi connectivity index (χ0n) is 7.47. The molecule has 0 atom stereocenters. The Morgan fingerprint density at radius 1 is 1.75 bits per heavy atom. The van der Waals surface area contributed by atoms with Crippen LogP contribution in [0.3, 0.4) is 0 Å². The Bertz CT molecular complexity index is 253. The van der Waals surface area contributed by atoms with Crippen LogP contribution in [0.15, 0.2) is 28.5 Å². The first-order valence-electron chi connectivity index (χ1n) is 3.98. The van der Waals surface area contributed by atoms with E-state index < -0.39 is 0 Å². The topological polar surface area (TPSA) is 15.6 Å². The zero-order chi connectivity index (χ0) is 9.14. The highest BCUT2D eigenvalue weighted by Gasteiger charge is 2.19. The number of halogens is 1. The molecule has 0 aromatic carbocycles. The molecule has 0 bridgehead atoms. The van der Waals surface area contributed by atoms with Crippen LogP contribution in [0.2, 0.25) is 0 Å². The summed E-state index contributed by atoms with van der Waals surface area (Å²) in [5.74, 6) is 0. The van der Waals surface area contributed by atoms with Crippen molar-refractivity contribution in [3.05, 3.63) is 23.5 Å². The number of allylic oxidation sites excluding steroid dienone is 1. The van der Waals surface area contributed by atoms with Gasteiger partial charge in [0.15, 0.2) is 0 Å². The molecule has 66 valence electrons. The van der Waals surface area contributed by atoms with Gasteiger partial charge in [-0.1, -0.05) is 6.58 Å². The van der Waals surface area contributed by atoms with Gasteiger partial charge in [0.05, 0.1) is 34.3 Å². The highest BCUT2D eigenvalue weighted by Crippen LogP contribution is 2.31. The van der Waals surface area contributed by atoms with Gasteiger partial charge in [0.1, 0.15) is 0 Å². The summed E-state index contributed by atoms with van der Waals surface area (Å²) in [6, 6.07) is 0. The highest BCUT2D eigenvalue weighted by molar-refractivity contribution is 14.1. The van der Waals surface area contributed by atoms with E-state index in [-0.39, 0.29) is 0 Å². The minimum Gasteiger partial charge on any atom is -0.312 e. The lowest BCUT2D eigenvalue weighted by atomic mass is 10.2. The predicted molar refractivity (Wildman–Crippen MR) is 61.3 cm³/mol. The summed E-state index contributed by atoms with van der Waals surface area (Å²) in [6.07, 6.45) is 2.88. The van der Waals surface area contributed by atoms with Crippen LogP contribution in [0.1, 0.15) is 20.3 Å². The molecule has 1 aliphatic rings. The second-order valence-corrected chi connectivity index (χ2v) is 3.96. The maximum atomic E-state index is 4.32. The quantitative estimate of drug-likeness (QED) is 0.430. The van der Waals surface area contributed by atoms with Crippen molar-refractivity contribution >= 4 is 29.1 Å². The van der Waals surface area contributed by atoms with Gasteiger partial charge in [-0.2, -0.15) is 0 Å². The van der Waals surface area contributed by atoms with Gasteiger partial charge < -0.3 is 3.11 Å². The van der Waals surface area contributed by atoms with Crippen molar-refractivity contribution in [2.75, 3.05) is 6.54 Å². The monoisotopic (exact) mass is 276 g/mol. The first kappa shape index (κ1) is 9.77. The molecule has 3 heteroatoms. The second kappa shape index (κ2) is 4.07. The summed E-state index contributed by atoms with van der Waals surface area (Å²) in [7, 11) is 0. The fraction of sp³-hybridized carbons (Fsp3) is 0.444. The van der Waals surface area contributed by atoms with Crippen LogP contribution in [0.4, 0.5) is 0 Å². The van der Waals surface area contributed by atoms with Crippen molar-refractivity contribution in [1.29, 1.82) is 0 Å². The van der Waals surface area contributed by atoms with Gasteiger partial charge in [0.2, 0.25) is 0 Å². The first-order valence-corrected chi connectivity index (χ1v) is 4.94. The van der Waals surface area contributed by atoms with Gasteiger partial charge >= 0.3 is 0 Å². The van der Waals surface area contributed by atoms with E-state index in [0.717, 1.165) is 18.5 Å². The molecule has 0 N–H and O–H groups in total. The minimum absolute atomic E-state index is 1.04. The number of rotatable bonds is 2. The van der Waals surface area contributed by atoms with Gasteiger partial charge in [-0.3, -0.25) is 4.99 Å². The van der Waals surface area contributed by atoms with Crippen molar-refractivity contribution in [3.8, 4) is 0 Å². The fourth-order valence-corrected chi connectivity index (χ4v) is 2.24. The van der Waals surface area contributed by atoms with Crippen LogP contribution in [0.25, 0.3) is 0 Å². The Morgan fingerprint density at radius 2 is 2.42 bits per heavy atom. The maximum absolute atomic E-state index is 4.32. The van der Waals surface area contributed by atoms with E-state index >= 15 is 0 Å². The van der Waals surface area contributed by atoms with Crippen molar-refractivity contribution < 1.29 is 0 Å². The van der Waals surface area contributed by atoms with Crippen LogP contribution in [-0.4, -0.2) is 15.9 Å². The molecular weight excluding hydrogens is 263 g/mol. The summed E-state index contributed by atoms with van der Waals surface area (Å²) in [5.41, 5.74) is 3.47. The van der Waals surface area contributed by atoms with Crippen LogP contribution < -0.4 is 0 Å². The van der Waals surface area contributed by atoms with E-state index in [0.29, 0.717) is 0 Å². The summed E-state index contributed by atoms with van der Waals surface area (Å²) < 4.78 is 2.18. The SMILES string of the molecule is C=C(C)C1=C(N=CC)CCN1I. The van der Waals surface area contributed by atoms with Crippen molar-refractivity contribution in [2.45, 2.75) is 20.3 Å². The molecule has 2 nitrogen and oxygen atoms in total. The molecule has 0 aromatic heterocycles. The lowest BCUT2D eigenvalue weighted by molar-refractivity contribution is 0.681. The van der Waals surface area contributed by atoms with Crippen LogP contribution in [-0.2, 0) is 0 Å². The molecule has 1 rings (SSSR count). The fourth-order valence-electron chi connectivity index (χ4n) is 1.31. The Labute approximate surface area is 87.5 Å². The van der Waals surface area contributed by atoms with Gasteiger partial charge in [-0.25, -0.2) is 0 Å². The van der Waals surface area contributed by atoms with E-state index in [9.17, 15) is 0 Å². The highest BCUT2D eigenvalue weighted by atomic mass is 127. The predicted octanol–water partition coefficient (Wildman–Crippen LogP) is 2.92. The Morgan fingerprint density at radius 3 is 2.92 bits per heavy atom. The smallest absolute Gasteiger partial charge is 0.0696 e. The number of nitrogens with zero attached hydrogens (tertiary/aromatic N) is 2. The van der Waals surface area contributed by atoms with Crippen LogP contribution >= 0.6 is 22.9 Å². The van der Waals surface area contributed by atoms with Gasteiger partial charge in [0.25, 0.3) is 0 Å². The van der Waals surface area contributed by atoms with Crippen molar-refractivity contribution in [1.82, 2.24) is 3.11 Å². The normalized spacial score (nSPS) is 18.1. The summed E-state index contributed by atoms with van der Waals surface area (Å²) in [5, 5.41) is 0. The number of hydrogen-bond acceptors (Lipinski definition) is 2. The molecule has 1 heterocycles. The zero-order valence-corrected chi connectivity index (χ0v) is 9.63. The van der Waals surface area contributed by atoms with E-state index in [2.05, 4.69) is 37.5 Å².